The van der Waals surface area contributed by atoms with Gasteiger partial charge in [0.15, 0.2) is 17.3 Å². The van der Waals surface area contributed by atoms with Gasteiger partial charge in [-0.05, 0) is 69.9 Å². The van der Waals surface area contributed by atoms with Crippen LogP contribution >= 0.6 is 0 Å². The molecule has 1 saturated heterocycles. The van der Waals surface area contributed by atoms with Crippen LogP contribution in [-0.4, -0.2) is 56.8 Å². The lowest BCUT2D eigenvalue weighted by Crippen LogP contribution is -2.41. The molecule has 0 saturated carbocycles. The van der Waals surface area contributed by atoms with E-state index >= 15 is 0 Å². The molecular formula is C32H36N6O4. The first kappa shape index (κ1) is 28.8. The monoisotopic (exact) mass is 568 g/mol. The van der Waals surface area contributed by atoms with Gasteiger partial charge in [-0.1, -0.05) is 30.3 Å². The van der Waals surface area contributed by atoms with Gasteiger partial charge in [-0.2, -0.15) is 0 Å². The summed E-state index contributed by atoms with van der Waals surface area (Å²) in [5.74, 6) is 2.34. The Kier molecular flexibility index (Phi) is 8.80. The lowest BCUT2D eigenvalue weighted by molar-refractivity contribution is -0.146. The van der Waals surface area contributed by atoms with Gasteiger partial charge in [0.2, 0.25) is 5.95 Å². The smallest absolute Gasteiger partial charge is 0.309 e. The molecule has 1 aliphatic rings. The number of para-hydroxylation sites is 2. The van der Waals surface area contributed by atoms with Crippen LogP contribution in [-0.2, 0) is 11.2 Å². The molecule has 1 atom stereocenters. The van der Waals surface area contributed by atoms with Crippen LogP contribution in [0.1, 0.15) is 39.2 Å². The van der Waals surface area contributed by atoms with Crippen molar-refractivity contribution in [3.05, 3.63) is 78.8 Å². The van der Waals surface area contributed by atoms with Crippen molar-refractivity contribution < 1.29 is 19.4 Å². The Morgan fingerprint density at radius 3 is 2.74 bits per heavy atom. The maximum atomic E-state index is 11.6. The molecule has 3 heterocycles. The second-order valence-corrected chi connectivity index (χ2v) is 10.9. The van der Waals surface area contributed by atoms with Gasteiger partial charge in [0.05, 0.1) is 36.7 Å². The molecule has 218 valence electrons. The van der Waals surface area contributed by atoms with Gasteiger partial charge in [0.1, 0.15) is 11.9 Å². The second-order valence-electron chi connectivity index (χ2n) is 10.9. The normalized spacial score (nSPS) is 15.2. The van der Waals surface area contributed by atoms with Crippen LogP contribution in [0.4, 0.5) is 17.6 Å². The van der Waals surface area contributed by atoms with E-state index in [1.165, 1.54) is 0 Å². The SMILES string of the molecule is CCOc1ccccc1OC1CCCN(c2cncc(Nc3nccc(-c4cccc(CC(C)(C)C(=O)O)c4)n3)n2)C1. The third kappa shape index (κ3) is 7.12. The summed E-state index contributed by atoms with van der Waals surface area (Å²) < 4.78 is 12.1. The summed E-state index contributed by atoms with van der Waals surface area (Å²) in [6.07, 6.45) is 7.40. The second kappa shape index (κ2) is 12.8. The zero-order valence-corrected chi connectivity index (χ0v) is 24.2. The number of rotatable bonds is 11. The molecule has 1 fully saturated rings. The van der Waals surface area contributed by atoms with E-state index in [-0.39, 0.29) is 6.10 Å². The number of carbonyl (C=O) groups is 1. The molecule has 2 N–H and O–H groups in total. The Morgan fingerprint density at radius 2 is 1.93 bits per heavy atom. The van der Waals surface area contributed by atoms with E-state index in [1.54, 1.807) is 32.4 Å². The van der Waals surface area contributed by atoms with Crippen LogP contribution in [0.2, 0.25) is 0 Å². The summed E-state index contributed by atoms with van der Waals surface area (Å²) in [6.45, 7) is 7.52. The number of hydrogen-bond acceptors (Lipinski definition) is 9. The highest BCUT2D eigenvalue weighted by Crippen LogP contribution is 2.30. The number of aromatic nitrogens is 4. The number of hydrogen-bond donors (Lipinski definition) is 2. The molecule has 2 aromatic carbocycles. The Balaban J connectivity index is 1.27. The minimum atomic E-state index is -0.866. The number of carboxylic acids is 1. The van der Waals surface area contributed by atoms with Crippen molar-refractivity contribution in [1.82, 2.24) is 19.9 Å². The molecule has 0 amide bonds. The first-order valence-corrected chi connectivity index (χ1v) is 14.2. The highest BCUT2D eigenvalue weighted by Gasteiger charge is 2.27. The minimum absolute atomic E-state index is 0.00405. The van der Waals surface area contributed by atoms with E-state index in [0.29, 0.717) is 31.3 Å². The van der Waals surface area contributed by atoms with Gasteiger partial charge >= 0.3 is 5.97 Å². The number of carboxylic acid groups (broad SMARTS) is 1. The highest BCUT2D eigenvalue weighted by atomic mass is 16.5. The summed E-state index contributed by atoms with van der Waals surface area (Å²) >= 11 is 0. The largest absolute Gasteiger partial charge is 0.490 e. The molecule has 42 heavy (non-hydrogen) atoms. The molecule has 4 aromatic rings. The van der Waals surface area contributed by atoms with E-state index in [9.17, 15) is 9.90 Å². The topological polar surface area (TPSA) is 123 Å². The van der Waals surface area contributed by atoms with Gasteiger partial charge < -0.3 is 24.8 Å². The maximum Gasteiger partial charge on any atom is 0.309 e. The van der Waals surface area contributed by atoms with Gasteiger partial charge in [0.25, 0.3) is 0 Å². The maximum absolute atomic E-state index is 11.6. The van der Waals surface area contributed by atoms with Crippen molar-refractivity contribution >= 4 is 23.6 Å². The highest BCUT2D eigenvalue weighted by molar-refractivity contribution is 5.74. The van der Waals surface area contributed by atoms with E-state index < -0.39 is 11.4 Å². The fraction of sp³-hybridized carbons (Fsp3) is 0.344. The number of piperidine rings is 1. The minimum Gasteiger partial charge on any atom is -0.490 e. The lowest BCUT2D eigenvalue weighted by atomic mass is 9.85. The van der Waals surface area contributed by atoms with Crippen LogP contribution in [0, 0.1) is 5.41 Å². The molecule has 0 radical (unpaired) electrons. The standard InChI is InChI=1S/C32H36N6O4/c1-4-41-26-12-5-6-13-27(26)42-24-11-8-16-38(21-24)29-20-33-19-28(36-29)37-31-34-15-14-25(35-31)23-10-7-9-22(17-23)18-32(2,3)30(39)40/h5-7,9-10,12-15,17,19-20,24H,4,8,11,16,18,21H2,1-3H3,(H,39,40)(H,34,35,36,37). The molecule has 0 bridgehead atoms. The molecule has 1 aliphatic heterocycles. The summed E-state index contributed by atoms with van der Waals surface area (Å²) in [4.78, 5) is 32.0. The Morgan fingerprint density at radius 1 is 1.10 bits per heavy atom. The van der Waals surface area contributed by atoms with Gasteiger partial charge in [-0.15, -0.1) is 0 Å². The molecule has 0 aliphatic carbocycles. The van der Waals surface area contributed by atoms with Gasteiger partial charge in [-0.25, -0.2) is 15.0 Å². The van der Waals surface area contributed by atoms with Crippen LogP contribution in [0.5, 0.6) is 11.5 Å². The number of nitrogens with one attached hydrogen (secondary N) is 1. The fourth-order valence-corrected chi connectivity index (χ4v) is 4.93. The van der Waals surface area contributed by atoms with Crippen LogP contribution in [0.3, 0.4) is 0 Å². The third-order valence-corrected chi connectivity index (χ3v) is 7.11. The fourth-order valence-electron chi connectivity index (χ4n) is 4.93. The summed E-state index contributed by atoms with van der Waals surface area (Å²) in [6, 6.07) is 17.4. The molecule has 1 unspecified atom stereocenters. The molecule has 5 rings (SSSR count). The van der Waals surface area contributed by atoms with Crippen molar-refractivity contribution in [2.75, 3.05) is 29.9 Å². The van der Waals surface area contributed by atoms with E-state index in [1.807, 2.05) is 61.5 Å². The Hall–Kier alpha value is -4.73. The van der Waals surface area contributed by atoms with Crippen molar-refractivity contribution in [2.45, 2.75) is 46.1 Å². The zero-order valence-electron chi connectivity index (χ0n) is 24.2. The average Bonchev–Trinajstić information content (AvgIpc) is 2.99. The molecule has 0 spiro atoms. The summed E-state index contributed by atoms with van der Waals surface area (Å²) in [7, 11) is 0. The van der Waals surface area contributed by atoms with Crippen LogP contribution in [0.25, 0.3) is 11.3 Å². The van der Waals surface area contributed by atoms with Gasteiger partial charge in [-0.3, -0.25) is 9.78 Å². The van der Waals surface area contributed by atoms with Crippen molar-refractivity contribution in [3.8, 4) is 22.8 Å². The molecular weight excluding hydrogens is 532 g/mol. The first-order valence-electron chi connectivity index (χ1n) is 14.2. The average molecular weight is 569 g/mol. The van der Waals surface area contributed by atoms with Crippen LogP contribution in [0.15, 0.2) is 73.2 Å². The van der Waals surface area contributed by atoms with Crippen molar-refractivity contribution in [1.29, 1.82) is 0 Å². The van der Waals surface area contributed by atoms with E-state index in [2.05, 4.69) is 25.2 Å². The lowest BCUT2D eigenvalue weighted by Gasteiger charge is -2.33. The predicted molar refractivity (Wildman–Crippen MR) is 161 cm³/mol. The van der Waals surface area contributed by atoms with Crippen molar-refractivity contribution in [3.63, 3.8) is 0 Å². The number of anilines is 3. The quantitative estimate of drug-likeness (QED) is 0.230. The number of aliphatic carboxylic acids is 1. The van der Waals surface area contributed by atoms with Gasteiger partial charge in [0, 0.05) is 18.3 Å². The van der Waals surface area contributed by atoms with E-state index in [0.717, 1.165) is 53.5 Å². The zero-order chi connectivity index (χ0) is 29.5. The number of benzene rings is 2. The van der Waals surface area contributed by atoms with Crippen LogP contribution < -0.4 is 19.7 Å². The number of ether oxygens (including phenoxy) is 2. The third-order valence-electron chi connectivity index (χ3n) is 7.11. The molecule has 10 heteroatoms. The Labute approximate surface area is 245 Å². The molecule has 10 nitrogen and oxygen atoms in total. The summed E-state index contributed by atoms with van der Waals surface area (Å²) in [5, 5.41) is 12.7. The first-order chi connectivity index (χ1) is 20.3. The number of nitrogens with zero attached hydrogens (tertiary/aromatic N) is 5. The Bertz CT molecular complexity index is 1530. The molecule has 2 aromatic heterocycles. The van der Waals surface area contributed by atoms with E-state index in [4.69, 9.17) is 14.5 Å². The predicted octanol–water partition coefficient (Wildman–Crippen LogP) is 5.78. The van der Waals surface area contributed by atoms with Crippen molar-refractivity contribution in [2.24, 2.45) is 5.41 Å². The summed E-state index contributed by atoms with van der Waals surface area (Å²) in [5.41, 5.74) is 1.66.